The highest BCUT2D eigenvalue weighted by molar-refractivity contribution is 7.88. The Morgan fingerprint density at radius 1 is 1.10 bits per heavy atom. The molecule has 31 heavy (non-hydrogen) atoms. The van der Waals surface area contributed by atoms with E-state index in [1.807, 2.05) is 0 Å². The van der Waals surface area contributed by atoms with Crippen LogP contribution in [0.3, 0.4) is 0 Å². The summed E-state index contributed by atoms with van der Waals surface area (Å²) in [7, 11) is -6.27. The van der Waals surface area contributed by atoms with Gasteiger partial charge < -0.3 is 9.47 Å². The fourth-order valence-corrected chi connectivity index (χ4v) is 4.86. The molecule has 0 radical (unpaired) electrons. The molecule has 1 aromatic carbocycles. The standard InChI is InChI=1S/C19H21F5O6S/c20-18(21,22)16(14-8-4-9-17(14)28-10-5-11-29-17)30-31(26,27)19(23,24)15(25)12-13-6-2-1-3-7-13/h1-3,6-7,14,16H,4-5,8-12H2. The van der Waals surface area contributed by atoms with E-state index >= 15 is 0 Å². The number of halogens is 5. The number of benzene rings is 1. The molecule has 2 fully saturated rings. The van der Waals surface area contributed by atoms with E-state index < -0.39 is 51.6 Å². The third kappa shape index (κ3) is 4.91. The summed E-state index contributed by atoms with van der Waals surface area (Å²) >= 11 is 0. The van der Waals surface area contributed by atoms with Gasteiger partial charge in [0.1, 0.15) is 0 Å². The van der Waals surface area contributed by atoms with E-state index in [-0.39, 0.29) is 38.0 Å². The Morgan fingerprint density at radius 3 is 2.29 bits per heavy atom. The van der Waals surface area contributed by atoms with Crippen molar-refractivity contribution in [2.45, 2.75) is 55.4 Å². The number of carbonyl (C=O) groups excluding carboxylic acids is 1. The van der Waals surface area contributed by atoms with Crippen LogP contribution >= 0.6 is 0 Å². The van der Waals surface area contributed by atoms with Gasteiger partial charge in [-0.05, 0) is 24.8 Å². The predicted octanol–water partition coefficient (Wildman–Crippen LogP) is 3.60. The van der Waals surface area contributed by atoms with Gasteiger partial charge in [0.15, 0.2) is 11.9 Å². The highest BCUT2D eigenvalue weighted by Crippen LogP contribution is 2.49. The fraction of sp³-hybridized carbons (Fsp3) is 0.632. The second kappa shape index (κ2) is 8.72. The molecule has 0 aromatic heterocycles. The fourth-order valence-electron chi connectivity index (χ4n) is 3.87. The van der Waals surface area contributed by atoms with Crippen LogP contribution in [0.4, 0.5) is 22.0 Å². The molecule has 1 heterocycles. The van der Waals surface area contributed by atoms with Gasteiger partial charge in [0, 0.05) is 18.8 Å². The zero-order chi connectivity index (χ0) is 22.9. The summed E-state index contributed by atoms with van der Waals surface area (Å²) in [6.45, 7) is 0.166. The van der Waals surface area contributed by atoms with Crippen molar-refractivity contribution >= 4 is 15.9 Å². The third-order valence-corrected chi connectivity index (χ3v) is 6.67. The Balaban J connectivity index is 1.85. The summed E-state index contributed by atoms with van der Waals surface area (Å²) in [6, 6.07) is 7.04. The molecule has 12 heteroatoms. The van der Waals surface area contributed by atoms with Gasteiger partial charge in [-0.1, -0.05) is 30.3 Å². The number of ether oxygens (including phenoxy) is 2. The molecule has 2 unspecified atom stereocenters. The Labute approximate surface area is 175 Å². The van der Waals surface area contributed by atoms with Gasteiger partial charge in [0.2, 0.25) is 5.78 Å². The molecule has 1 saturated heterocycles. The summed E-state index contributed by atoms with van der Waals surface area (Å²) in [5.74, 6) is -5.54. The minimum Gasteiger partial charge on any atom is -0.349 e. The van der Waals surface area contributed by atoms with Crippen molar-refractivity contribution in [3.05, 3.63) is 35.9 Å². The van der Waals surface area contributed by atoms with Crippen LogP contribution < -0.4 is 0 Å². The lowest BCUT2D eigenvalue weighted by Crippen LogP contribution is -2.54. The second-order valence-electron chi connectivity index (χ2n) is 7.48. The molecule has 6 nitrogen and oxygen atoms in total. The van der Waals surface area contributed by atoms with Crippen LogP contribution in [-0.2, 0) is 35.0 Å². The van der Waals surface area contributed by atoms with E-state index in [1.165, 1.54) is 24.3 Å². The van der Waals surface area contributed by atoms with Crippen LogP contribution in [0.15, 0.2) is 30.3 Å². The number of hydrogen-bond acceptors (Lipinski definition) is 6. The molecule has 2 atom stereocenters. The normalized spacial score (nSPS) is 23.1. The van der Waals surface area contributed by atoms with E-state index in [0.29, 0.717) is 6.42 Å². The van der Waals surface area contributed by atoms with Gasteiger partial charge in [0.25, 0.3) is 0 Å². The molecule has 0 N–H and O–H groups in total. The van der Waals surface area contributed by atoms with Crippen molar-refractivity contribution in [2.24, 2.45) is 5.92 Å². The summed E-state index contributed by atoms with van der Waals surface area (Å²) in [6.07, 6.45) is -9.00. The minimum absolute atomic E-state index is 0.0387. The Morgan fingerprint density at radius 2 is 1.71 bits per heavy atom. The lowest BCUT2D eigenvalue weighted by molar-refractivity contribution is -0.317. The van der Waals surface area contributed by atoms with E-state index in [1.54, 1.807) is 6.07 Å². The molecule has 1 aliphatic heterocycles. The number of hydrogen-bond donors (Lipinski definition) is 0. The molecule has 3 rings (SSSR count). The smallest absolute Gasteiger partial charge is 0.349 e. The molecular formula is C19H21F5O6S. The predicted molar refractivity (Wildman–Crippen MR) is 96.5 cm³/mol. The average Bonchev–Trinajstić information content (AvgIpc) is 3.08. The first kappa shape index (κ1) is 24.0. The van der Waals surface area contributed by atoms with Gasteiger partial charge in [-0.15, -0.1) is 0 Å². The number of alkyl halides is 5. The average molecular weight is 472 g/mol. The van der Waals surface area contributed by atoms with Crippen molar-refractivity contribution < 1.29 is 48.8 Å². The maximum Gasteiger partial charge on any atom is 0.427 e. The van der Waals surface area contributed by atoms with Crippen molar-refractivity contribution in [2.75, 3.05) is 13.2 Å². The number of rotatable bonds is 7. The second-order valence-corrected chi connectivity index (χ2v) is 9.09. The van der Waals surface area contributed by atoms with Gasteiger partial charge in [-0.3, -0.25) is 8.98 Å². The maximum absolute atomic E-state index is 14.5. The van der Waals surface area contributed by atoms with Crippen molar-refractivity contribution in [3.63, 3.8) is 0 Å². The van der Waals surface area contributed by atoms with E-state index in [2.05, 4.69) is 4.18 Å². The number of carbonyl (C=O) groups is 1. The molecule has 1 aromatic rings. The summed E-state index contributed by atoms with van der Waals surface area (Å²) in [5.41, 5.74) is 0.0773. The zero-order valence-corrected chi connectivity index (χ0v) is 17.1. The molecule has 0 amide bonds. The number of Topliss-reactive ketones (excluding diaryl/α,β-unsaturated/α-hetero) is 1. The lowest BCUT2D eigenvalue weighted by atomic mass is 9.94. The van der Waals surface area contributed by atoms with Gasteiger partial charge in [0.05, 0.1) is 13.2 Å². The first-order valence-electron chi connectivity index (χ1n) is 9.61. The molecule has 1 aliphatic carbocycles. The molecular weight excluding hydrogens is 451 g/mol. The summed E-state index contributed by atoms with van der Waals surface area (Å²) in [5, 5.41) is -5.17. The first-order valence-corrected chi connectivity index (χ1v) is 11.0. The van der Waals surface area contributed by atoms with Gasteiger partial charge >= 0.3 is 21.5 Å². The zero-order valence-electron chi connectivity index (χ0n) is 16.2. The monoisotopic (exact) mass is 472 g/mol. The Bertz CT molecular complexity index is 881. The Hall–Kier alpha value is -1.63. The van der Waals surface area contributed by atoms with E-state index in [9.17, 15) is 35.2 Å². The summed E-state index contributed by atoms with van der Waals surface area (Å²) < 4.78 is 109. The summed E-state index contributed by atoms with van der Waals surface area (Å²) in [4.78, 5) is 12.0. The van der Waals surface area contributed by atoms with Crippen LogP contribution in [0.2, 0.25) is 0 Å². The first-order chi connectivity index (χ1) is 14.4. The SMILES string of the molecule is O=C(Cc1ccccc1)C(F)(F)S(=O)(=O)OC(C1CCCC12OCCCO2)C(F)(F)F. The van der Waals surface area contributed by atoms with E-state index in [0.717, 1.165) is 0 Å². The number of ketones is 1. The van der Waals surface area contributed by atoms with Crippen LogP contribution in [0.5, 0.6) is 0 Å². The molecule has 2 aliphatic rings. The minimum atomic E-state index is -6.27. The molecule has 174 valence electrons. The van der Waals surface area contributed by atoms with Crippen molar-refractivity contribution in [1.29, 1.82) is 0 Å². The van der Waals surface area contributed by atoms with Gasteiger partial charge in [-0.2, -0.15) is 30.4 Å². The van der Waals surface area contributed by atoms with E-state index in [4.69, 9.17) is 9.47 Å². The van der Waals surface area contributed by atoms with Crippen molar-refractivity contribution in [1.82, 2.24) is 0 Å². The highest BCUT2D eigenvalue weighted by Gasteiger charge is 2.63. The van der Waals surface area contributed by atoms with Crippen LogP contribution in [0.1, 0.15) is 31.2 Å². The topological polar surface area (TPSA) is 78.9 Å². The largest absolute Gasteiger partial charge is 0.427 e. The molecule has 0 bridgehead atoms. The highest BCUT2D eigenvalue weighted by atomic mass is 32.2. The van der Waals surface area contributed by atoms with Gasteiger partial charge in [-0.25, -0.2) is 0 Å². The maximum atomic E-state index is 14.5. The van der Waals surface area contributed by atoms with Crippen molar-refractivity contribution in [3.8, 4) is 0 Å². The van der Waals surface area contributed by atoms with Crippen LogP contribution in [-0.4, -0.2) is 50.7 Å². The third-order valence-electron chi connectivity index (χ3n) is 5.35. The molecule has 1 spiro atoms. The quantitative estimate of drug-likeness (QED) is 0.446. The Kier molecular flexibility index (Phi) is 6.76. The lowest BCUT2D eigenvalue weighted by Gasteiger charge is -2.41. The van der Waals surface area contributed by atoms with Crippen LogP contribution in [0, 0.1) is 5.92 Å². The van der Waals surface area contributed by atoms with Crippen LogP contribution in [0.25, 0.3) is 0 Å². The molecule has 1 saturated carbocycles.